The Kier molecular flexibility index (Phi) is 7.34. The Morgan fingerprint density at radius 2 is 2.24 bits per heavy atom. The minimum Gasteiger partial charge on any atom is -0.376 e. The van der Waals surface area contributed by atoms with E-state index in [2.05, 4.69) is 39.2 Å². The van der Waals surface area contributed by atoms with Gasteiger partial charge in [0.2, 0.25) is 5.91 Å². The molecule has 34 heavy (non-hydrogen) atoms. The summed E-state index contributed by atoms with van der Waals surface area (Å²) >= 11 is 3.11. The molecule has 7 nitrogen and oxygen atoms in total. The van der Waals surface area contributed by atoms with Crippen molar-refractivity contribution in [2.45, 2.75) is 51.1 Å². The molecule has 3 heterocycles. The zero-order valence-corrected chi connectivity index (χ0v) is 21.0. The number of aromatic amines is 1. The number of aromatic nitrogens is 2. The van der Waals surface area contributed by atoms with Crippen molar-refractivity contribution in [1.82, 2.24) is 20.2 Å². The molecule has 2 N–H and O–H groups in total. The van der Waals surface area contributed by atoms with Crippen LogP contribution in [0.4, 0.5) is 0 Å². The van der Waals surface area contributed by atoms with E-state index in [1.54, 1.807) is 11.3 Å². The van der Waals surface area contributed by atoms with Crippen LogP contribution in [0.15, 0.2) is 29.1 Å². The number of thioether (sulfide) groups is 1. The highest BCUT2D eigenvalue weighted by atomic mass is 32.2. The van der Waals surface area contributed by atoms with Gasteiger partial charge in [-0.1, -0.05) is 24.3 Å². The first kappa shape index (κ1) is 23.5. The Morgan fingerprint density at radius 1 is 1.35 bits per heavy atom. The normalized spacial score (nSPS) is 18.3. The van der Waals surface area contributed by atoms with E-state index in [4.69, 9.17) is 4.74 Å². The number of hydrogen-bond donors (Lipinski definition) is 2. The second kappa shape index (κ2) is 10.6. The maximum absolute atomic E-state index is 12.6. The lowest BCUT2D eigenvalue weighted by Crippen LogP contribution is -2.40. The molecule has 9 heteroatoms. The van der Waals surface area contributed by atoms with Gasteiger partial charge in [-0.05, 0) is 42.9 Å². The van der Waals surface area contributed by atoms with Gasteiger partial charge >= 0.3 is 0 Å². The average Bonchev–Trinajstić information content (AvgIpc) is 3.39. The number of nitrogens with one attached hydrogen (secondary N) is 2. The third-order valence-corrected chi connectivity index (χ3v) is 8.44. The lowest BCUT2D eigenvalue weighted by atomic mass is 10.1. The Hall–Kier alpha value is -2.20. The molecule has 0 saturated carbocycles. The third kappa shape index (κ3) is 5.54. The summed E-state index contributed by atoms with van der Waals surface area (Å²) in [6, 6.07) is 8.39. The number of carbonyl (C=O) groups is 1. The molecule has 1 fully saturated rings. The Balaban J connectivity index is 1.09. The molecule has 1 aliphatic heterocycles. The van der Waals surface area contributed by atoms with E-state index in [1.807, 2.05) is 12.1 Å². The lowest BCUT2D eigenvalue weighted by molar-refractivity contribution is -0.118. The molecule has 0 bridgehead atoms. The van der Waals surface area contributed by atoms with Gasteiger partial charge in [-0.25, -0.2) is 4.98 Å². The van der Waals surface area contributed by atoms with Crippen LogP contribution >= 0.6 is 23.1 Å². The number of carbonyl (C=O) groups excluding carboxylic acids is 1. The van der Waals surface area contributed by atoms with E-state index in [0.29, 0.717) is 23.9 Å². The van der Waals surface area contributed by atoms with Crippen LogP contribution in [0, 0.1) is 0 Å². The fraction of sp³-hybridized carbons (Fsp3) is 0.480. The summed E-state index contributed by atoms with van der Waals surface area (Å²) in [5.74, 6) is 1.46. The predicted molar refractivity (Wildman–Crippen MR) is 137 cm³/mol. The summed E-state index contributed by atoms with van der Waals surface area (Å²) in [5.41, 5.74) is 3.49. The molecule has 3 aromatic rings. The van der Waals surface area contributed by atoms with Crippen LogP contribution in [0.2, 0.25) is 0 Å². The summed E-state index contributed by atoms with van der Waals surface area (Å²) in [5, 5.41) is 3.78. The van der Waals surface area contributed by atoms with Crippen LogP contribution in [0.5, 0.6) is 0 Å². The fourth-order valence-electron chi connectivity index (χ4n) is 4.74. The van der Waals surface area contributed by atoms with Crippen LogP contribution in [-0.4, -0.2) is 52.3 Å². The fourth-order valence-corrected chi connectivity index (χ4v) is 6.74. The Morgan fingerprint density at radius 3 is 3.12 bits per heavy atom. The van der Waals surface area contributed by atoms with Gasteiger partial charge in [0.25, 0.3) is 5.56 Å². The van der Waals surface area contributed by atoms with E-state index in [0.717, 1.165) is 61.3 Å². The number of thiophene rings is 1. The molecular formula is C25H30N4O3S2. The van der Waals surface area contributed by atoms with Crippen molar-refractivity contribution in [2.24, 2.45) is 0 Å². The van der Waals surface area contributed by atoms with Gasteiger partial charge in [0, 0.05) is 31.1 Å². The SMILES string of the molecule is CC1CN(Cc2cccc(CNC(=O)CSCc3nc4sc5c(c4c(=O)[nH]3)CCC5)c2)CCO1. The number of rotatable bonds is 8. The first-order chi connectivity index (χ1) is 16.5. The monoisotopic (exact) mass is 498 g/mol. The highest BCUT2D eigenvalue weighted by Crippen LogP contribution is 2.34. The number of aryl methyl sites for hydroxylation is 2. The third-order valence-electron chi connectivity index (χ3n) is 6.31. The molecule has 2 aromatic heterocycles. The average molecular weight is 499 g/mol. The molecule has 2 aliphatic rings. The highest BCUT2D eigenvalue weighted by molar-refractivity contribution is 7.99. The minimum atomic E-state index is -0.0455. The molecule has 1 aromatic carbocycles. The quantitative estimate of drug-likeness (QED) is 0.496. The molecule has 180 valence electrons. The second-order valence-corrected chi connectivity index (χ2v) is 11.1. The molecule has 1 unspecified atom stereocenters. The Labute approximate surface area is 207 Å². The predicted octanol–water partition coefficient (Wildman–Crippen LogP) is 3.24. The van der Waals surface area contributed by atoms with Crippen LogP contribution in [0.3, 0.4) is 0 Å². The van der Waals surface area contributed by atoms with Crippen molar-refractivity contribution in [2.75, 3.05) is 25.4 Å². The summed E-state index contributed by atoms with van der Waals surface area (Å²) in [4.78, 5) is 37.0. The Bertz CT molecular complexity index is 1240. The van der Waals surface area contributed by atoms with Gasteiger partial charge in [-0.3, -0.25) is 14.5 Å². The molecular weight excluding hydrogens is 468 g/mol. The number of nitrogens with zero attached hydrogens (tertiary/aromatic N) is 2. The van der Waals surface area contributed by atoms with Gasteiger partial charge in [-0.15, -0.1) is 23.1 Å². The molecule has 0 radical (unpaired) electrons. The molecule has 0 spiro atoms. The van der Waals surface area contributed by atoms with Crippen molar-refractivity contribution in [1.29, 1.82) is 0 Å². The topological polar surface area (TPSA) is 87.3 Å². The molecule has 1 atom stereocenters. The molecule has 1 amide bonds. The van der Waals surface area contributed by atoms with E-state index >= 15 is 0 Å². The lowest BCUT2D eigenvalue weighted by Gasteiger charge is -2.31. The number of ether oxygens (including phenoxy) is 1. The smallest absolute Gasteiger partial charge is 0.259 e. The summed E-state index contributed by atoms with van der Waals surface area (Å²) < 4.78 is 5.62. The zero-order valence-electron chi connectivity index (χ0n) is 19.4. The van der Waals surface area contributed by atoms with Crippen molar-refractivity contribution >= 4 is 39.2 Å². The van der Waals surface area contributed by atoms with E-state index < -0.39 is 0 Å². The minimum absolute atomic E-state index is 0.0177. The standard InChI is InChI=1S/C25H30N4O3S2/c1-16-12-29(8-9-32-16)13-18-5-2-4-17(10-18)11-26-22(30)15-33-14-21-27-24(31)23-19-6-3-7-20(19)34-25(23)28-21/h2,4-5,10,16H,3,6-9,11-15H2,1H3,(H,26,30)(H,27,28,31). The van der Waals surface area contributed by atoms with Crippen molar-refractivity contribution in [3.8, 4) is 0 Å². The van der Waals surface area contributed by atoms with Gasteiger partial charge in [-0.2, -0.15) is 0 Å². The summed E-state index contributed by atoms with van der Waals surface area (Å²) in [6.45, 7) is 6.18. The summed E-state index contributed by atoms with van der Waals surface area (Å²) in [7, 11) is 0. The number of amides is 1. The largest absolute Gasteiger partial charge is 0.376 e. The van der Waals surface area contributed by atoms with E-state index in [9.17, 15) is 9.59 Å². The van der Waals surface area contributed by atoms with Crippen LogP contribution in [0.25, 0.3) is 10.2 Å². The van der Waals surface area contributed by atoms with Gasteiger partial charge in [0.1, 0.15) is 10.7 Å². The maximum Gasteiger partial charge on any atom is 0.259 e. The summed E-state index contributed by atoms with van der Waals surface area (Å²) in [6.07, 6.45) is 3.43. The van der Waals surface area contributed by atoms with Crippen molar-refractivity contribution in [3.05, 3.63) is 62.0 Å². The zero-order chi connectivity index (χ0) is 23.5. The molecule has 1 saturated heterocycles. The number of H-pyrrole nitrogens is 1. The number of benzene rings is 1. The molecule has 1 aliphatic carbocycles. The number of fused-ring (bicyclic) bond motifs is 3. The first-order valence-corrected chi connectivity index (χ1v) is 13.8. The van der Waals surface area contributed by atoms with E-state index in [1.165, 1.54) is 27.8 Å². The maximum atomic E-state index is 12.6. The van der Waals surface area contributed by atoms with Crippen LogP contribution in [-0.2, 0) is 41.2 Å². The van der Waals surface area contributed by atoms with Crippen LogP contribution in [0.1, 0.15) is 40.7 Å². The first-order valence-electron chi connectivity index (χ1n) is 11.8. The van der Waals surface area contributed by atoms with Crippen molar-refractivity contribution < 1.29 is 9.53 Å². The van der Waals surface area contributed by atoms with Gasteiger partial charge < -0.3 is 15.0 Å². The molecule has 5 rings (SSSR count). The second-order valence-electron chi connectivity index (χ2n) is 9.06. The number of morpholine rings is 1. The van der Waals surface area contributed by atoms with Gasteiger partial charge in [0.05, 0.1) is 29.6 Å². The highest BCUT2D eigenvalue weighted by Gasteiger charge is 2.21. The van der Waals surface area contributed by atoms with Gasteiger partial charge in [0.15, 0.2) is 0 Å². The number of hydrogen-bond acceptors (Lipinski definition) is 7. The van der Waals surface area contributed by atoms with E-state index in [-0.39, 0.29) is 17.6 Å². The van der Waals surface area contributed by atoms with Crippen molar-refractivity contribution in [3.63, 3.8) is 0 Å². The van der Waals surface area contributed by atoms with Crippen LogP contribution < -0.4 is 10.9 Å².